The third-order valence-corrected chi connectivity index (χ3v) is 6.25. The van der Waals surface area contributed by atoms with Gasteiger partial charge in [-0.15, -0.1) is 10.2 Å². The van der Waals surface area contributed by atoms with E-state index in [9.17, 15) is 9.59 Å². The molecule has 9 nitrogen and oxygen atoms in total. The summed E-state index contributed by atoms with van der Waals surface area (Å²) in [5.41, 5.74) is 1.32. The summed E-state index contributed by atoms with van der Waals surface area (Å²) in [5.74, 6) is 1.53. The van der Waals surface area contributed by atoms with Crippen molar-refractivity contribution in [3.63, 3.8) is 0 Å². The van der Waals surface area contributed by atoms with E-state index in [-0.39, 0.29) is 17.2 Å². The first-order valence-electron chi connectivity index (χ1n) is 10.9. The zero-order valence-electron chi connectivity index (χ0n) is 19.3. The van der Waals surface area contributed by atoms with Crippen molar-refractivity contribution in [1.82, 2.24) is 24.5 Å². The molecule has 4 rings (SSSR count). The molecule has 0 unspecified atom stereocenters. The van der Waals surface area contributed by atoms with Crippen LogP contribution in [0, 0.1) is 0 Å². The lowest BCUT2D eigenvalue weighted by molar-refractivity contribution is -0.113. The van der Waals surface area contributed by atoms with Gasteiger partial charge in [0.15, 0.2) is 5.16 Å². The lowest BCUT2D eigenvalue weighted by atomic mass is 10.1. The first kappa shape index (κ1) is 23.5. The van der Waals surface area contributed by atoms with E-state index >= 15 is 0 Å². The van der Waals surface area contributed by atoms with Crippen LogP contribution in [0.15, 0.2) is 58.5 Å². The Morgan fingerprint density at radius 1 is 1.06 bits per heavy atom. The fourth-order valence-electron chi connectivity index (χ4n) is 3.46. The van der Waals surface area contributed by atoms with E-state index < -0.39 is 0 Å². The predicted molar refractivity (Wildman–Crippen MR) is 132 cm³/mol. The number of nitrogens with one attached hydrogen (secondary N) is 1. The van der Waals surface area contributed by atoms with Crippen LogP contribution in [-0.4, -0.2) is 42.8 Å². The van der Waals surface area contributed by atoms with E-state index in [1.54, 1.807) is 13.1 Å². The molecule has 2 aromatic heterocycles. The number of benzene rings is 2. The number of carbonyl (C=O) groups excluding carboxylic acids is 1. The molecule has 0 saturated heterocycles. The van der Waals surface area contributed by atoms with Gasteiger partial charge in [0.1, 0.15) is 11.6 Å². The highest BCUT2D eigenvalue weighted by molar-refractivity contribution is 7.99. The van der Waals surface area contributed by atoms with Crippen molar-refractivity contribution in [2.45, 2.75) is 24.9 Å². The molecule has 10 heteroatoms. The quantitative estimate of drug-likeness (QED) is 0.369. The van der Waals surface area contributed by atoms with Crippen molar-refractivity contribution >= 4 is 34.1 Å². The minimum absolute atomic E-state index is 0.136. The van der Waals surface area contributed by atoms with Crippen LogP contribution < -0.4 is 15.6 Å². The van der Waals surface area contributed by atoms with Gasteiger partial charge in [0.05, 0.1) is 29.9 Å². The molecule has 0 aliphatic carbocycles. The van der Waals surface area contributed by atoms with Crippen LogP contribution in [-0.2, 0) is 25.3 Å². The summed E-state index contributed by atoms with van der Waals surface area (Å²) in [6.07, 6.45) is 1.36. The van der Waals surface area contributed by atoms with Crippen LogP contribution in [0.4, 0.5) is 5.69 Å². The topological polar surface area (TPSA) is 104 Å². The molecule has 0 atom stereocenters. The number of rotatable bonds is 9. The van der Waals surface area contributed by atoms with Crippen LogP contribution in [0.2, 0.25) is 0 Å². The molecule has 0 aliphatic rings. The van der Waals surface area contributed by atoms with Crippen LogP contribution in [0.3, 0.4) is 0 Å². The smallest absolute Gasteiger partial charge is 0.274 e. The molecule has 1 amide bonds. The molecular weight excluding hydrogens is 452 g/mol. The Bertz CT molecular complexity index is 1360. The Kier molecular flexibility index (Phi) is 7.27. The minimum atomic E-state index is -0.137. The van der Waals surface area contributed by atoms with Crippen molar-refractivity contribution in [3.05, 3.63) is 70.4 Å². The highest BCUT2D eigenvalue weighted by Crippen LogP contribution is 2.21. The second-order valence-electron chi connectivity index (χ2n) is 7.77. The summed E-state index contributed by atoms with van der Waals surface area (Å²) in [4.78, 5) is 24.8. The van der Waals surface area contributed by atoms with Gasteiger partial charge in [0.2, 0.25) is 5.91 Å². The molecule has 4 aromatic rings. The van der Waals surface area contributed by atoms with Gasteiger partial charge in [-0.2, -0.15) is 5.10 Å². The van der Waals surface area contributed by atoms with E-state index in [0.29, 0.717) is 35.1 Å². The van der Waals surface area contributed by atoms with E-state index in [2.05, 4.69) is 27.5 Å². The second kappa shape index (κ2) is 10.5. The lowest BCUT2D eigenvalue weighted by Crippen LogP contribution is -2.21. The largest absolute Gasteiger partial charge is 0.494 e. The van der Waals surface area contributed by atoms with Crippen LogP contribution in [0.5, 0.6) is 5.75 Å². The Morgan fingerprint density at radius 2 is 1.79 bits per heavy atom. The van der Waals surface area contributed by atoms with Gasteiger partial charge in [-0.25, -0.2) is 4.68 Å². The molecule has 0 aliphatic heterocycles. The number of aromatic nitrogens is 5. The van der Waals surface area contributed by atoms with Crippen molar-refractivity contribution in [2.75, 3.05) is 17.7 Å². The molecule has 1 N–H and O–H groups in total. The maximum absolute atomic E-state index is 12.4. The number of hydrogen-bond acceptors (Lipinski definition) is 7. The average molecular weight is 479 g/mol. The maximum Gasteiger partial charge on any atom is 0.274 e. The number of fused-ring (bicyclic) bond motifs is 1. The number of hydrogen-bond donors (Lipinski definition) is 1. The van der Waals surface area contributed by atoms with E-state index in [4.69, 9.17) is 4.74 Å². The van der Waals surface area contributed by atoms with Gasteiger partial charge in [-0.05, 0) is 36.8 Å². The van der Waals surface area contributed by atoms with Crippen molar-refractivity contribution in [2.24, 2.45) is 14.1 Å². The second-order valence-corrected chi connectivity index (χ2v) is 8.71. The zero-order valence-corrected chi connectivity index (χ0v) is 20.1. The normalized spacial score (nSPS) is 11.0. The number of nitrogens with zero attached hydrogens (tertiary/aromatic N) is 5. The summed E-state index contributed by atoms with van der Waals surface area (Å²) < 4.78 is 8.75. The van der Waals surface area contributed by atoms with Gasteiger partial charge in [-0.3, -0.25) is 9.59 Å². The monoisotopic (exact) mass is 478 g/mol. The SMILES string of the molecule is CCCOc1ccc(NC(=O)CSc2nnc(Cc3nn(C)c(=O)c4ccccc34)n2C)cc1. The summed E-state index contributed by atoms with van der Waals surface area (Å²) in [6, 6.07) is 14.7. The molecule has 34 heavy (non-hydrogen) atoms. The summed E-state index contributed by atoms with van der Waals surface area (Å²) in [7, 11) is 3.50. The maximum atomic E-state index is 12.4. The Labute approximate surface area is 201 Å². The Balaban J connectivity index is 1.40. The molecule has 0 spiro atoms. The molecule has 0 bridgehead atoms. The standard InChI is InChI=1S/C24H26N6O3S/c1-4-13-33-17-11-9-16(10-12-17)25-22(31)15-34-24-27-26-21(29(24)2)14-20-18-7-5-6-8-19(18)23(32)30(3)28-20/h5-12H,4,13-15H2,1-3H3,(H,25,31). The summed E-state index contributed by atoms with van der Waals surface area (Å²) in [6.45, 7) is 2.72. The summed E-state index contributed by atoms with van der Waals surface area (Å²) >= 11 is 1.31. The molecule has 2 aromatic carbocycles. The van der Waals surface area contributed by atoms with Crippen molar-refractivity contribution < 1.29 is 9.53 Å². The zero-order chi connectivity index (χ0) is 24.1. The van der Waals surface area contributed by atoms with Crippen LogP contribution in [0.1, 0.15) is 24.9 Å². The molecule has 0 saturated carbocycles. The van der Waals surface area contributed by atoms with Gasteiger partial charge in [0.25, 0.3) is 5.56 Å². The van der Waals surface area contributed by atoms with E-state index in [1.165, 1.54) is 16.4 Å². The average Bonchev–Trinajstić information content (AvgIpc) is 3.19. The number of carbonyl (C=O) groups is 1. The van der Waals surface area contributed by atoms with Crippen LogP contribution >= 0.6 is 11.8 Å². The Morgan fingerprint density at radius 3 is 2.53 bits per heavy atom. The predicted octanol–water partition coefficient (Wildman–Crippen LogP) is 3.17. The van der Waals surface area contributed by atoms with Gasteiger partial charge >= 0.3 is 0 Å². The molecule has 176 valence electrons. The number of aryl methyl sites for hydroxylation is 1. The third kappa shape index (κ3) is 5.28. The molecule has 0 fully saturated rings. The highest BCUT2D eigenvalue weighted by Gasteiger charge is 2.15. The minimum Gasteiger partial charge on any atom is -0.494 e. The number of ether oxygens (including phenoxy) is 1. The number of amides is 1. The van der Waals surface area contributed by atoms with Crippen molar-refractivity contribution in [1.29, 1.82) is 0 Å². The fourth-order valence-corrected chi connectivity index (χ4v) is 4.19. The first-order chi connectivity index (χ1) is 16.5. The Hall–Kier alpha value is -3.66. The highest BCUT2D eigenvalue weighted by atomic mass is 32.2. The van der Waals surface area contributed by atoms with E-state index in [0.717, 1.165) is 23.3 Å². The van der Waals surface area contributed by atoms with E-state index in [1.807, 2.05) is 54.1 Å². The van der Waals surface area contributed by atoms with Gasteiger partial charge in [0, 0.05) is 25.2 Å². The lowest BCUT2D eigenvalue weighted by Gasteiger charge is -2.09. The fraction of sp³-hybridized carbons (Fsp3) is 0.292. The van der Waals surface area contributed by atoms with Gasteiger partial charge < -0.3 is 14.6 Å². The van der Waals surface area contributed by atoms with Crippen molar-refractivity contribution in [3.8, 4) is 5.75 Å². The first-order valence-corrected chi connectivity index (χ1v) is 11.9. The molecule has 0 radical (unpaired) electrons. The van der Waals surface area contributed by atoms with Gasteiger partial charge in [-0.1, -0.05) is 36.9 Å². The number of anilines is 1. The summed E-state index contributed by atoms with van der Waals surface area (Å²) in [5, 5.41) is 17.9. The molecule has 2 heterocycles. The number of thioether (sulfide) groups is 1. The molecular formula is C24H26N6O3S. The third-order valence-electron chi connectivity index (χ3n) is 5.23. The van der Waals surface area contributed by atoms with Crippen LogP contribution in [0.25, 0.3) is 10.8 Å².